The fraction of sp³-hybridized carbons (Fsp3) is 0.140. The van der Waals surface area contributed by atoms with E-state index in [2.05, 4.69) is 136 Å². The third kappa shape index (κ3) is 6.66. The van der Waals surface area contributed by atoms with Gasteiger partial charge in [0.15, 0.2) is 0 Å². The first-order chi connectivity index (χ1) is 22.0. The van der Waals surface area contributed by atoms with Gasteiger partial charge in [-0.15, -0.1) is 0 Å². The van der Waals surface area contributed by atoms with E-state index in [4.69, 9.17) is 9.41 Å². The quantitative estimate of drug-likeness (QED) is 0.142. The number of para-hydroxylation sites is 1. The Labute approximate surface area is 266 Å². The summed E-state index contributed by atoms with van der Waals surface area (Å²) < 4.78 is 6.27. The Morgan fingerprint density at radius 3 is 2.42 bits per heavy atom. The Morgan fingerprint density at radius 1 is 0.844 bits per heavy atom. The summed E-state index contributed by atoms with van der Waals surface area (Å²) in [5.41, 5.74) is 10.6. The van der Waals surface area contributed by atoms with Crippen molar-refractivity contribution in [1.82, 2.24) is 0 Å². The maximum Gasteiger partial charge on any atom is 0.136 e. The molecule has 0 spiro atoms. The van der Waals surface area contributed by atoms with Crippen molar-refractivity contribution < 1.29 is 4.42 Å². The van der Waals surface area contributed by atoms with Crippen molar-refractivity contribution in [2.45, 2.75) is 32.6 Å². The Kier molecular flexibility index (Phi) is 9.03. The zero-order valence-corrected chi connectivity index (χ0v) is 26.1. The van der Waals surface area contributed by atoms with Crippen LogP contribution in [0.4, 0.5) is 0 Å². The largest absolute Gasteiger partial charge is 0.456 e. The number of nitrogens with zero attached hydrogens (tertiary/aromatic N) is 1. The number of fused-ring (bicyclic) bond motifs is 3. The average molecular weight is 586 g/mol. The number of allylic oxidation sites excluding steroid dienone is 14. The second kappa shape index (κ2) is 13.6. The minimum Gasteiger partial charge on any atom is -0.456 e. The van der Waals surface area contributed by atoms with E-state index < -0.39 is 0 Å². The fourth-order valence-corrected chi connectivity index (χ4v) is 6.08. The van der Waals surface area contributed by atoms with Gasteiger partial charge in [-0.25, -0.2) is 0 Å². The van der Waals surface area contributed by atoms with E-state index in [1.54, 1.807) is 6.08 Å². The fourth-order valence-electron chi connectivity index (χ4n) is 6.08. The Hall–Kier alpha value is -5.21. The van der Waals surface area contributed by atoms with Crippen LogP contribution < -0.4 is 0 Å². The summed E-state index contributed by atoms with van der Waals surface area (Å²) in [6.45, 7) is 12.6. The summed E-state index contributed by atoms with van der Waals surface area (Å²) in [6.07, 6.45) is 31.5. The predicted molar refractivity (Wildman–Crippen MR) is 195 cm³/mol. The molecule has 2 aliphatic carbocycles. The number of rotatable bonds is 9. The van der Waals surface area contributed by atoms with Gasteiger partial charge in [-0.2, -0.15) is 0 Å². The molecule has 4 aromatic rings. The molecule has 2 unspecified atom stereocenters. The van der Waals surface area contributed by atoms with E-state index in [9.17, 15) is 0 Å². The van der Waals surface area contributed by atoms with Crippen molar-refractivity contribution in [3.8, 4) is 0 Å². The summed E-state index contributed by atoms with van der Waals surface area (Å²) in [7, 11) is 0. The van der Waals surface area contributed by atoms with E-state index in [-0.39, 0.29) is 5.92 Å². The molecule has 0 saturated carbocycles. The molecule has 0 amide bonds. The van der Waals surface area contributed by atoms with Crippen LogP contribution in [0.2, 0.25) is 0 Å². The second-order valence-electron chi connectivity index (χ2n) is 11.7. The lowest BCUT2D eigenvalue weighted by Crippen LogP contribution is -2.05. The first kappa shape index (κ1) is 29.8. The standard InChI is InChI=1S/C43H39NO/c1-5-6-7-10-21-35-27-37(28-40(31(35)3)34-19-13-9-14-20-34)30(2)26-41(44-32(4)33-17-11-8-12-18-33)36-24-25-39-38-22-15-16-23-42(38)45-43(39)29-36/h5-17,19,21-29,33-34H,1,4,18,20H2,2-3H3/b7-6-,21-10+,30-26+,44-41?. The van der Waals surface area contributed by atoms with Gasteiger partial charge in [0.2, 0.25) is 0 Å². The second-order valence-corrected chi connectivity index (χ2v) is 11.7. The van der Waals surface area contributed by atoms with E-state index in [1.165, 1.54) is 22.3 Å². The zero-order chi connectivity index (χ0) is 31.2. The molecule has 0 fully saturated rings. The van der Waals surface area contributed by atoms with E-state index in [0.717, 1.165) is 57.3 Å². The molecule has 3 aromatic carbocycles. The van der Waals surface area contributed by atoms with Gasteiger partial charge in [0.1, 0.15) is 11.2 Å². The predicted octanol–water partition coefficient (Wildman–Crippen LogP) is 11.8. The van der Waals surface area contributed by atoms with Gasteiger partial charge in [0, 0.05) is 33.9 Å². The smallest absolute Gasteiger partial charge is 0.136 e. The summed E-state index contributed by atoms with van der Waals surface area (Å²) in [6, 6.07) is 19.2. The highest BCUT2D eigenvalue weighted by Gasteiger charge is 2.17. The lowest BCUT2D eigenvalue weighted by Gasteiger charge is -2.20. The van der Waals surface area contributed by atoms with Crippen LogP contribution in [0.5, 0.6) is 0 Å². The molecule has 222 valence electrons. The lowest BCUT2D eigenvalue weighted by molar-refractivity contribution is 0.669. The summed E-state index contributed by atoms with van der Waals surface area (Å²) in [5, 5.41) is 2.23. The molecule has 0 radical (unpaired) electrons. The van der Waals surface area contributed by atoms with Gasteiger partial charge in [-0.1, -0.05) is 122 Å². The van der Waals surface area contributed by atoms with Crippen LogP contribution in [0.25, 0.3) is 33.6 Å². The van der Waals surface area contributed by atoms with Crippen LogP contribution in [0.15, 0.2) is 162 Å². The van der Waals surface area contributed by atoms with Gasteiger partial charge >= 0.3 is 0 Å². The molecule has 2 heteroatoms. The highest BCUT2D eigenvalue weighted by atomic mass is 16.3. The van der Waals surface area contributed by atoms with Crippen LogP contribution >= 0.6 is 0 Å². The number of hydrogen-bond acceptors (Lipinski definition) is 2. The number of aliphatic imine (C=N–C) groups is 1. The Morgan fingerprint density at radius 2 is 1.64 bits per heavy atom. The number of benzene rings is 3. The maximum atomic E-state index is 6.27. The molecule has 1 heterocycles. The summed E-state index contributed by atoms with van der Waals surface area (Å²) >= 11 is 0. The van der Waals surface area contributed by atoms with E-state index in [1.807, 2.05) is 24.3 Å². The summed E-state index contributed by atoms with van der Waals surface area (Å²) in [4.78, 5) is 5.19. The van der Waals surface area contributed by atoms with Crippen LogP contribution in [0.1, 0.15) is 53.5 Å². The highest BCUT2D eigenvalue weighted by molar-refractivity contribution is 6.15. The van der Waals surface area contributed by atoms with Gasteiger partial charge in [0.05, 0.1) is 5.71 Å². The highest BCUT2D eigenvalue weighted by Crippen LogP contribution is 2.34. The summed E-state index contributed by atoms with van der Waals surface area (Å²) in [5.74, 6) is 0.513. The van der Waals surface area contributed by atoms with Crippen LogP contribution in [-0.4, -0.2) is 5.71 Å². The molecule has 0 saturated heterocycles. The number of hydrogen-bond donors (Lipinski definition) is 0. The average Bonchev–Trinajstić information content (AvgIpc) is 3.45. The maximum absolute atomic E-state index is 6.27. The van der Waals surface area contributed by atoms with Crippen molar-refractivity contribution >= 4 is 39.3 Å². The van der Waals surface area contributed by atoms with Crippen LogP contribution in [-0.2, 0) is 0 Å². The molecule has 0 bridgehead atoms. The molecular formula is C43H39NO. The topological polar surface area (TPSA) is 25.5 Å². The SMILES string of the molecule is C=C/C=C\C=C\c1cc(/C(C)=C/C(=NC(=C)C2C=CC=CC2)c2ccc3c(c2)oc2ccccc23)cc(C2C=CC=CC2)c1C. The molecule has 6 rings (SSSR count). The van der Waals surface area contributed by atoms with Gasteiger partial charge in [-0.05, 0) is 84.9 Å². The van der Waals surface area contributed by atoms with E-state index >= 15 is 0 Å². The molecule has 0 aliphatic heterocycles. The molecule has 2 nitrogen and oxygen atoms in total. The van der Waals surface area contributed by atoms with Crippen molar-refractivity contribution in [1.29, 1.82) is 0 Å². The lowest BCUT2D eigenvalue weighted by atomic mass is 9.85. The molecule has 2 aliphatic rings. The van der Waals surface area contributed by atoms with Gasteiger partial charge < -0.3 is 4.42 Å². The first-order valence-corrected chi connectivity index (χ1v) is 15.7. The van der Waals surface area contributed by atoms with Crippen molar-refractivity contribution in [3.63, 3.8) is 0 Å². The minimum absolute atomic E-state index is 0.172. The zero-order valence-electron chi connectivity index (χ0n) is 26.1. The van der Waals surface area contributed by atoms with Crippen molar-refractivity contribution in [2.75, 3.05) is 0 Å². The third-order valence-electron chi connectivity index (χ3n) is 8.66. The molecule has 1 aromatic heterocycles. The minimum atomic E-state index is 0.172. The molecular weight excluding hydrogens is 546 g/mol. The van der Waals surface area contributed by atoms with Gasteiger partial charge in [-0.3, -0.25) is 4.99 Å². The third-order valence-corrected chi connectivity index (χ3v) is 8.66. The molecule has 0 N–H and O–H groups in total. The van der Waals surface area contributed by atoms with Crippen LogP contribution in [0, 0.1) is 12.8 Å². The van der Waals surface area contributed by atoms with Crippen LogP contribution in [0.3, 0.4) is 0 Å². The normalized spacial score (nSPS) is 18.6. The monoisotopic (exact) mass is 585 g/mol. The van der Waals surface area contributed by atoms with Gasteiger partial charge in [0.25, 0.3) is 0 Å². The van der Waals surface area contributed by atoms with Crippen molar-refractivity contribution in [3.05, 3.63) is 180 Å². The number of furan rings is 1. The molecule has 2 atom stereocenters. The van der Waals surface area contributed by atoms with E-state index in [0.29, 0.717) is 5.92 Å². The molecule has 45 heavy (non-hydrogen) atoms. The Bertz CT molecular complexity index is 2010. The first-order valence-electron chi connectivity index (χ1n) is 15.7. The van der Waals surface area contributed by atoms with Crippen molar-refractivity contribution in [2.24, 2.45) is 10.9 Å². The Balaban J connectivity index is 1.46.